The van der Waals surface area contributed by atoms with Gasteiger partial charge in [-0.05, 0) is 6.92 Å². The lowest BCUT2D eigenvalue weighted by atomic mass is 10.1. The third-order valence-electron chi connectivity index (χ3n) is 5.43. The fourth-order valence-corrected chi connectivity index (χ4v) is 5.18. The van der Waals surface area contributed by atoms with Crippen molar-refractivity contribution in [2.75, 3.05) is 70.6 Å². The highest BCUT2D eigenvalue weighted by Crippen LogP contribution is 2.30. The summed E-state index contributed by atoms with van der Waals surface area (Å²) >= 11 is 1.44. The Balaban J connectivity index is 1.54. The van der Waals surface area contributed by atoms with Gasteiger partial charge >= 0.3 is 5.97 Å². The van der Waals surface area contributed by atoms with E-state index in [1.807, 2.05) is 16.7 Å². The Morgan fingerprint density at radius 1 is 1.18 bits per heavy atom. The molecular formula is C18H26N4O5S. The predicted molar refractivity (Wildman–Crippen MR) is 103 cm³/mol. The summed E-state index contributed by atoms with van der Waals surface area (Å²) in [6.07, 6.45) is 0. The number of ether oxygens (including phenoxy) is 2. The molecule has 3 aliphatic heterocycles. The predicted octanol–water partition coefficient (Wildman–Crippen LogP) is 0.146. The number of nitrogens with zero attached hydrogens (tertiary/aromatic N) is 4. The summed E-state index contributed by atoms with van der Waals surface area (Å²) in [5.74, 6) is -0.748. The first-order chi connectivity index (χ1) is 13.5. The van der Waals surface area contributed by atoms with Crippen molar-refractivity contribution < 1.29 is 24.2 Å². The van der Waals surface area contributed by atoms with E-state index in [0.29, 0.717) is 50.9 Å². The van der Waals surface area contributed by atoms with E-state index in [-0.39, 0.29) is 24.4 Å². The molecule has 3 aliphatic rings. The maximum atomic E-state index is 13.4. The lowest BCUT2D eigenvalue weighted by molar-refractivity contribution is -0.138. The summed E-state index contributed by atoms with van der Waals surface area (Å²) in [6, 6.07) is -0.146. The topological polar surface area (TPSA) is 95.4 Å². The fourth-order valence-electron chi connectivity index (χ4n) is 4.11. The first-order valence-corrected chi connectivity index (χ1v) is 10.5. The third kappa shape index (κ3) is 4.14. The highest BCUT2D eigenvalue weighted by molar-refractivity contribution is 7.17. The molecule has 2 atom stereocenters. The van der Waals surface area contributed by atoms with E-state index >= 15 is 0 Å². The van der Waals surface area contributed by atoms with Crippen LogP contribution in [0.1, 0.15) is 15.4 Å². The molecule has 1 aromatic rings. The number of aryl methyl sites for hydroxylation is 1. The molecule has 3 fully saturated rings. The SMILES string of the molecule is Cc1nc(N2CCOCC2)sc1C(=O)N1C[C@H]2COC[C@@H]1CN(CC(=O)O)C2. The number of thiazole rings is 1. The number of carboxylic acids is 1. The Kier molecular flexibility index (Phi) is 5.81. The Hall–Kier alpha value is -1.75. The van der Waals surface area contributed by atoms with E-state index < -0.39 is 5.97 Å². The van der Waals surface area contributed by atoms with Crippen LogP contribution in [0.4, 0.5) is 5.13 Å². The van der Waals surface area contributed by atoms with Gasteiger partial charge in [-0.1, -0.05) is 11.3 Å². The van der Waals surface area contributed by atoms with Crippen molar-refractivity contribution >= 4 is 28.3 Å². The molecule has 0 saturated carbocycles. The molecule has 0 unspecified atom stereocenters. The number of aliphatic carboxylic acids is 1. The van der Waals surface area contributed by atoms with Gasteiger partial charge in [-0.15, -0.1) is 0 Å². The number of carbonyl (C=O) groups is 2. The maximum Gasteiger partial charge on any atom is 0.317 e. The minimum atomic E-state index is -0.841. The van der Waals surface area contributed by atoms with Crippen LogP contribution in [-0.4, -0.2) is 104 Å². The first-order valence-electron chi connectivity index (χ1n) is 9.64. The fraction of sp³-hybridized carbons (Fsp3) is 0.722. The number of fused-ring (bicyclic) bond motifs is 3. The van der Waals surface area contributed by atoms with Crippen molar-refractivity contribution in [2.24, 2.45) is 5.92 Å². The minimum Gasteiger partial charge on any atom is -0.480 e. The van der Waals surface area contributed by atoms with Gasteiger partial charge in [0.05, 0.1) is 44.7 Å². The van der Waals surface area contributed by atoms with E-state index in [9.17, 15) is 9.59 Å². The molecule has 9 nitrogen and oxygen atoms in total. The van der Waals surface area contributed by atoms with Gasteiger partial charge in [-0.2, -0.15) is 0 Å². The summed E-state index contributed by atoms with van der Waals surface area (Å²) < 4.78 is 11.2. The van der Waals surface area contributed by atoms with E-state index in [4.69, 9.17) is 14.6 Å². The second-order valence-corrected chi connectivity index (χ2v) is 8.59. The molecule has 4 heterocycles. The van der Waals surface area contributed by atoms with Crippen LogP contribution in [0.3, 0.4) is 0 Å². The molecule has 4 rings (SSSR count). The van der Waals surface area contributed by atoms with Crippen molar-refractivity contribution in [2.45, 2.75) is 13.0 Å². The molecule has 3 saturated heterocycles. The van der Waals surface area contributed by atoms with Crippen molar-refractivity contribution in [3.8, 4) is 0 Å². The highest BCUT2D eigenvalue weighted by atomic mass is 32.1. The lowest BCUT2D eigenvalue weighted by Crippen LogP contribution is -2.47. The first kappa shape index (κ1) is 19.6. The third-order valence-corrected chi connectivity index (χ3v) is 6.63. The van der Waals surface area contributed by atoms with Gasteiger partial charge in [0.25, 0.3) is 5.91 Å². The van der Waals surface area contributed by atoms with Gasteiger partial charge in [-0.25, -0.2) is 4.98 Å². The lowest BCUT2D eigenvalue weighted by Gasteiger charge is -2.30. The number of morpholine rings is 1. The Morgan fingerprint density at radius 3 is 2.71 bits per heavy atom. The van der Waals surface area contributed by atoms with E-state index in [2.05, 4.69) is 9.88 Å². The molecular weight excluding hydrogens is 384 g/mol. The average Bonchev–Trinajstić information content (AvgIpc) is 2.82. The zero-order chi connectivity index (χ0) is 19.7. The molecule has 2 bridgehead atoms. The summed E-state index contributed by atoms with van der Waals surface area (Å²) in [5.41, 5.74) is 0.749. The molecule has 0 radical (unpaired) electrons. The largest absolute Gasteiger partial charge is 0.480 e. The van der Waals surface area contributed by atoms with E-state index in [1.165, 1.54) is 11.3 Å². The van der Waals surface area contributed by atoms with Crippen LogP contribution < -0.4 is 4.90 Å². The number of hydrogen-bond acceptors (Lipinski definition) is 8. The Bertz CT molecular complexity index is 736. The van der Waals surface area contributed by atoms with Crippen molar-refractivity contribution in [3.05, 3.63) is 10.6 Å². The Morgan fingerprint density at radius 2 is 1.96 bits per heavy atom. The van der Waals surface area contributed by atoms with Crippen LogP contribution in [0.15, 0.2) is 0 Å². The minimum absolute atomic E-state index is 0.00417. The van der Waals surface area contributed by atoms with Gasteiger partial charge in [-0.3, -0.25) is 14.5 Å². The van der Waals surface area contributed by atoms with E-state index in [1.54, 1.807) is 0 Å². The highest BCUT2D eigenvalue weighted by Gasteiger charge is 2.37. The van der Waals surface area contributed by atoms with Gasteiger partial charge in [0.2, 0.25) is 0 Å². The van der Waals surface area contributed by atoms with Crippen molar-refractivity contribution in [1.82, 2.24) is 14.8 Å². The second-order valence-electron chi connectivity index (χ2n) is 7.61. The van der Waals surface area contributed by atoms with Gasteiger partial charge in [0, 0.05) is 38.6 Å². The van der Waals surface area contributed by atoms with Crippen LogP contribution in [0.25, 0.3) is 0 Å². The number of anilines is 1. The monoisotopic (exact) mass is 410 g/mol. The maximum absolute atomic E-state index is 13.4. The zero-order valence-electron chi connectivity index (χ0n) is 16.0. The molecule has 1 N–H and O–H groups in total. The molecule has 1 amide bonds. The molecule has 28 heavy (non-hydrogen) atoms. The van der Waals surface area contributed by atoms with Gasteiger partial charge in [0.1, 0.15) is 4.88 Å². The summed E-state index contributed by atoms with van der Waals surface area (Å²) in [6.45, 7) is 7.52. The van der Waals surface area contributed by atoms with Crippen molar-refractivity contribution in [1.29, 1.82) is 0 Å². The second kappa shape index (κ2) is 8.32. The van der Waals surface area contributed by atoms with Crippen LogP contribution in [-0.2, 0) is 14.3 Å². The van der Waals surface area contributed by atoms with Gasteiger partial charge < -0.3 is 24.4 Å². The molecule has 10 heteroatoms. The van der Waals surface area contributed by atoms with Crippen LogP contribution in [0.5, 0.6) is 0 Å². The molecule has 154 valence electrons. The van der Waals surface area contributed by atoms with Crippen molar-refractivity contribution in [3.63, 3.8) is 0 Å². The normalized spacial score (nSPS) is 26.2. The number of aromatic nitrogens is 1. The molecule has 0 aromatic carbocycles. The van der Waals surface area contributed by atoms with Gasteiger partial charge in [0.15, 0.2) is 5.13 Å². The zero-order valence-corrected chi connectivity index (χ0v) is 16.8. The van der Waals surface area contributed by atoms with Crippen LogP contribution >= 0.6 is 11.3 Å². The van der Waals surface area contributed by atoms with Crippen LogP contribution in [0, 0.1) is 12.8 Å². The quantitative estimate of drug-likeness (QED) is 0.749. The number of rotatable bonds is 4. The standard InChI is InChI=1S/C18H26N4O5S/c1-12-16(28-18(19-12)21-2-4-26-5-3-21)17(25)22-7-13-6-20(9-15(23)24)8-14(22)11-27-10-13/h13-14H,2-11H2,1H3,(H,23,24)/t13-,14-/m0/s1. The number of carbonyl (C=O) groups excluding carboxylic acids is 1. The molecule has 0 aliphatic carbocycles. The number of carboxylic acid groups (broad SMARTS) is 1. The number of amides is 1. The van der Waals surface area contributed by atoms with E-state index in [0.717, 1.165) is 23.9 Å². The Labute approximate surface area is 167 Å². The van der Waals surface area contributed by atoms with Crippen LogP contribution in [0.2, 0.25) is 0 Å². The molecule has 1 aromatic heterocycles. The average molecular weight is 410 g/mol. The summed E-state index contributed by atoms with van der Waals surface area (Å²) in [7, 11) is 0. The molecule has 0 spiro atoms. The number of hydrogen-bond donors (Lipinski definition) is 1. The summed E-state index contributed by atoms with van der Waals surface area (Å²) in [5, 5.41) is 10.0. The summed E-state index contributed by atoms with van der Waals surface area (Å²) in [4.78, 5) is 35.8. The smallest absolute Gasteiger partial charge is 0.317 e.